The molecule has 0 radical (unpaired) electrons. The number of nitrogens with one attached hydrogen (secondary N) is 1. The summed E-state index contributed by atoms with van der Waals surface area (Å²) >= 11 is 0. The monoisotopic (exact) mass is 271 g/mol. The van der Waals surface area contributed by atoms with Crippen molar-refractivity contribution in [3.63, 3.8) is 0 Å². The average molecular weight is 271 g/mol. The van der Waals surface area contributed by atoms with Crippen LogP contribution in [0.1, 0.15) is 39.0 Å². The highest BCUT2D eigenvalue weighted by Crippen LogP contribution is 2.30. The minimum Gasteiger partial charge on any atom is -0.394 e. The van der Waals surface area contributed by atoms with Gasteiger partial charge < -0.3 is 20.2 Å². The summed E-state index contributed by atoms with van der Waals surface area (Å²) in [6.07, 6.45) is 5.89. The molecule has 0 aromatic rings. The zero-order chi connectivity index (χ0) is 14.3. The number of nitrogens with zero attached hydrogens (tertiary/aromatic N) is 2. The predicted octanol–water partition coefficient (Wildman–Crippen LogP) is 1.15. The highest BCUT2D eigenvalue weighted by atomic mass is 16.3. The second-order valence-electron chi connectivity index (χ2n) is 6.36. The Morgan fingerprint density at radius 3 is 2.58 bits per heavy atom. The minimum atomic E-state index is -0.0343. The lowest BCUT2D eigenvalue weighted by Crippen LogP contribution is -2.55. The fourth-order valence-electron chi connectivity index (χ4n) is 3.26. The molecular formula is C15H33N3O. The van der Waals surface area contributed by atoms with E-state index >= 15 is 0 Å². The normalized spacial score (nSPS) is 28.3. The van der Waals surface area contributed by atoms with Crippen LogP contribution in [0.15, 0.2) is 0 Å². The van der Waals surface area contributed by atoms with Crippen LogP contribution in [0.4, 0.5) is 0 Å². The maximum absolute atomic E-state index is 9.73. The number of rotatable bonds is 8. The van der Waals surface area contributed by atoms with Gasteiger partial charge in [0.05, 0.1) is 6.61 Å². The lowest BCUT2D eigenvalue weighted by atomic mass is 9.79. The first kappa shape index (κ1) is 16.9. The second kappa shape index (κ2) is 8.20. The zero-order valence-electron chi connectivity index (χ0n) is 13.3. The Morgan fingerprint density at radius 2 is 2.00 bits per heavy atom. The van der Waals surface area contributed by atoms with Crippen LogP contribution >= 0.6 is 0 Å². The molecule has 2 atom stereocenters. The fraction of sp³-hybridized carbons (Fsp3) is 1.00. The van der Waals surface area contributed by atoms with Crippen LogP contribution in [-0.4, -0.2) is 73.9 Å². The van der Waals surface area contributed by atoms with E-state index in [4.69, 9.17) is 0 Å². The van der Waals surface area contributed by atoms with Gasteiger partial charge in [-0.15, -0.1) is 0 Å². The van der Waals surface area contributed by atoms with Gasteiger partial charge in [-0.2, -0.15) is 0 Å². The van der Waals surface area contributed by atoms with Crippen molar-refractivity contribution in [2.24, 2.45) is 0 Å². The molecule has 0 spiro atoms. The summed E-state index contributed by atoms with van der Waals surface area (Å²) < 4.78 is 0. The van der Waals surface area contributed by atoms with Gasteiger partial charge in [0.25, 0.3) is 0 Å². The third-order valence-corrected chi connectivity index (χ3v) is 4.41. The predicted molar refractivity (Wildman–Crippen MR) is 81.6 cm³/mol. The standard InChI is InChI=1S/C15H33N3O/c1-5-16-15(13-19)9-6-8-14(12-15)18(4)11-7-10-17(2)3/h14,16,19H,5-13H2,1-4H3. The fourth-order valence-corrected chi connectivity index (χ4v) is 3.26. The molecule has 0 heterocycles. The van der Waals surface area contributed by atoms with Crippen molar-refractivity contribution in [1.29, 1.82) is 0 Å². The lowest BCUT2D eigenvalue weighted by molar-refractivity contribution is 0.0697. The average Bonchev–Trinajstić information content (AvgIpc) is 2.39. The molecule has 2 N–H and O–H groups in total. The molecule has 4 heteroatoms. The van der Waals surface area contributed by atoms with Gasteiger partial charge >= 0.3 is 0 Å². The minimum absolute atomic E-state index is 0.0343. The maximum Gasteiger partial charge on any atom is 0.0613 e. The quantitative estimate of drug-likeness (QED) is 0.695. The Hall–Kier alpha value is -0.160. The van der Waals surface area contributed by atoms with Crippen molar-refractivity contribution in [2.75, 3.05) is 47.4 Å². The van der Waals surface area contributed by atoms with Crippen LogP contribution in [0.25, 0.3) is 0 Å². The summed E-state index contributed by atoms with van der Waals surface area (Å²) in [5.74, 6) is 0. The molecule has 0 amide bonds. The molecule has 1 aliphatic carbocycles. The van der Waals surface area contributed by atoms with Gasteiger partial charge in [-0.1, -0.05) is 6.92 Å². The van der Waals surface area contributed by atoms with E-state index in [0.717, 1.165) is 32.5 Å². The van der Waals surface area contributed by atoms with Crippen molar-refractivity contribution < 1.29 is 5.11 Å². The largest absolute Gasteiger partial charge is 0.394 e. The number of aliphatic hydroxyl groups is 1. The van der Waals surface area contributed by atoms with E-state index in [9.17, 15) is 5.11 Å². The molecule has 1 rings (SSSR count). The topological polar surface area (TPSA) is 38.7 Å². The van der Waals surface area contributed by atoms with Crippen molar-refractivity contribution in [3.8, 4) is 0 Å². The molecule has 0 aromatic heterocycles. The molecule has 2 unspecified atom stereocenters. The molecule has 4 nitrogen and oxygen atoms in total. The van der Waals surface area contributed by atoms with Gasteiger partial charge in [-0.05, 0) is 72.9 Å². The molecule has 0 aliphatic heterocycles. The highest BCUT2D eigenvalue weighted by molar-refractivity contribution is 4.95. The van der Waals surface area contributed by atoms with E-state index in [1.165, 1.54) is 19.3 Å². The van der Waals surface area contributed by atoms with E-state index in [1.807, 2.05) is 0 Å². The number of hydrogen-bond acceptors (Lipinski definition) is 4. The Labute approximate surface area is 119 Å². The molecule has 0 aromatic carbocycles. The number of likely N-dealkylation sites (N-methyl/N-ethyl adjacent to an activating group) is 1. The molecular weight excluding hydrogens is 238 g/mol. The molecule has 1 saturated carbocycles. The van der Waals surface area contributed by atoms with Crippen LogP contribution in [-0.2, 0) is 0 Å². The molecule has 1 aliphatic rings. The van der Waals surface area contributed by atoms with Crippen LogP contribution in [0.3, 0.4) is 0 Å². The molecule has 19 heavy (non-hydrogen) atoms. The van der Waals surface area contributed by atoms with Gasteiger partial charge in [-0.3, -0.25) is 0 Å². The van der Waals surface area contributed by atoms with Gasteiger partial charge in [-0.25, -0.2) is 0 Å². The van der Waals surface area contributed by atoms with E-state index in [1.54, 1.807) is 0 Å². The van der Waals surface area contributed by atoms with E-state index in [2.05, 4.69) is 43.2 Å². The van der Waals surface area contributed by atoms with Crippen LogP contribution in [0, 0.1) is 0 Å². The van der Waals surface area contributed by atoms with Crippen LogP contribution in [0.2, 0.25) is 0 Å². The SMILES string of the molecule is CCNC1(CO)CCCC(N(C)CCCN(C)C)C1. The number of aliphatic hydroxyl groups excluding tert-OH is 1. The highest BCUT2D eigenvalue weighted by Gasteiger charge is 2.36. The summed E-state index contributed by atoms with van der Waals surface area (Å²) in [6.45, 7) is 5.63. The zero-order valence-corrected chi connectivity index (χ0v) is 13.3. The van der Waals surface area contributed by atoms with Crippen molar-refractivity contribution in [3.05, 3.63) is 0 Å². The van der Waals surface area contributed by atoms with Gasteiger partial charge in [0.1, 0.15) is 0 Å². The summed E-state index contributed by atoms with van der Waals surface area (Å²) in [4.78, 5) is 4.73. The summed E-state index contributed by atoms with van der Waals surface area (Å²) in [5, 5.41) is 13.3. The summed E-state index contributed by atoms with van der Waals surface area (Å²) in [7, 11) is 6.49. The Bertz CT molecular complexity index is 244. The second-order valence-corrected chi connectivity index (χ2v) is 6.36. The van der Waals surface area contributed by atoms with Crippen molar-refractivity contribution in [2.45, 2.75) is 50.6 Å². The van der Waals surface area contributed by atoms with Gasteiger partial charge in [0, 0.05) is 11.6 Å². The van der Waals surface area contributed by atoms with Gasteiger partial charge in [0.2, 0.25) is 0 Å². The lowest BCUT2D eigenvalue weighted by Gasteiger charge is -2.43. The first-order chi connectivity index (χ1) is 9.03. The molecule has 114 valence electrons. The van der Waals surface area contributed by atoms with E-state index in [-0.39, 0.29) is 12.1 Å². The van der Waals surface area contributed by atoms with Gasteiger partial charge in [0.15, 0.2) is 0 Å². The smallest absolute Gasteiger partial charge is 0.0613 e. The van der Waals surface area contributed by atoms with E-state index in [0.29, 0.717) is 6.04 Å². The molecule has 0 bridgehead atoms. The van der Waals surface area contributed by atoms with Crippen LogP contribution in [0.5, 0.6) is 0 Å². The first-order valence-electron chi connectivity index (χ1n) is 7.74. The Kier molecular flexibility index (Phi) is 7.29. The Morgan fingerprint density at radius 1 is 1.26 bits per heavy atom. The van der Waals surface area contributed by atoms with E-state index < -0.39 is 0 Å². The van der Waals surface area contributed by atoms with Crippen LogP contribution < -0.4 is 5.32 Å². The molecule has 0 saturated heterocycles. The van der Waals surface area contributed by atoms with Crippen molar-refractivity contribution in [1.82, 2.24) is 15.1 Å². The maximum atomic E-state index is 9.73. The summed E-state index contributed by atoms with van der Waals surface area (Å²) in [6, 6.07) is 0.613. The Balaban J connectivity index is 2.44. The number of hydrogen-bond donors (Lipinski definition) is 2. The first-order valence-corrected chi connectivity index (χ1v) is 7.74. The third-order valence-electron chi connectivity index (χ3n) is 4.41. The summed E-state index contributed by atoms with van der Waals surface area (Å²) in [5.41, 5.74) is -0.0343. The van der Waals surface area contributed by atoms with Crippen molar-refractivity contribution >= 4 is 0 Å². The third kappa shape index (κ3) is 5.38. The molecule has 1 fully saturated rings.